The predicted molar refractivity (Wildman–Crippen MR) is 102 cm³/mol. The average Bonchev–Trinajstić information content (AvgIpc) is 3.30. The summed E-state index contributed by atoms with van der Waals surface area (Å²) in [6, 6.07) is 14.2. The third kappa shape index (κ3) is 3.23. The molecule has 2 N–H and O–H groups in total. The van der Waals surface area contributed by atoms with Crippen LogP contribution >= 0.6 is 0 Å². The number of hydrogen-bond acceptors (Lipinski definition) is 5. The number of carbonyl (C=O) groups excluding carboxylic acids is 2. The molecule has 2 aromatic heterocycles. The molecule has 0 unspecified atom stereocenters. The summed E-state index contributed by atoms with van der Waals surface area (Å²) in [5, 5.41) is 4.55. The number of rotatable bonds is 3. The molecule has 8 nitrogen and oxygen atoms in total. The zero-order chi connectivity index (χ0) is 19.7. The molecule has 4 rings (SSSR count). The maximum absolute atomic E-state index is 12.5. The molecular formula is C20H17N5O3. The van der Waals surface area contributed by atoms with Crippen molar-refractivity contribution in [3.63, 3.8) is 0 Å². The zero-order valence-corrected chi connectivity index (χ0v) is 15.3. The molecule has 0 aliphatic rings. The Morgan fingerprint density at radius 1 is 1.00 bits per heavy atom. The Hall–Kier alpha value is -3.94. The molecule has 8 heteroatoms. The Labute approximate surface area is 160 Å². The smallest absolute Gasteiger partial charge is 0.271 e. The summed E-state index contributed by atoms with van der Waals surface area (Å²) in [4.78, 5) is 28.9. The summed E-state index contributed by atoms with van der Waals surface area (Å²) in [5.41, 5.74) is 7.41. The van der Waals surface area contributed by atoms with Crippen molar-refractivity contribution in [1.82, 2.24) is 25.6 Å². The molecular weight excluding hydrogens is 358 g/mol. The molecule has 2 heterocycles. The van der Waals surface area contributed by atoms with Gasteiger partial charge >= 0.3 is 0 Å². The lowest BCUT2D eigenvalue weighted by atomic mass is 10.1. The summed E-state index contributed by atoms with van der Waals surface area (Å²) < 4.78 is 6.96. The van der Waals surface area contributed by atoms with Crippen LogP contribution in [0.5, 0.6) is 0 Å². The molecule has 0 aliphatic heterocycles. The van der Waals surface area contributed by atoms with Gasteiger partial charge in [0.2, 0.25) is 0 Å². The van der Waals surface area contributed by atoms with E-state index < -0.39 is 5.91 Å². The maximum Gasteiger partial charge on any atom is 0.271 e. The van der Waals surface area contributed by atoms with Gasteiger partial charge in [-0.3, -0.25) is 20.4 Å². The number of para-hydroxylation sites is 1. The van der Waals surface area contributed by atoms with Crippen LogP contribution in [0.4, 0.5) is 0 Å². The van der Waals surface area contributed by atoms with Crippen molar-refractivity contribution in [3.8, 4) is 11.5 Å². The van der Waals surface area contributed by atoms with Crippen LogP contribution in [0.1, 0.15) is 26.5 Å². The van der Waals surface area contributed by atoms with Gasteiger partial charge in [-0.25, -0.2) is 0 Å². The lowest BCUT2D eigenvalue weighted by molar-refractivity contribution is 0.0847. The quantitative estimate of drug-likeness (QED) is 0.536. The fourth-order valence-electron chi connectivity index (χ4n) is 2.95. The minimum Gasteiger partial charge on any atom is -0.350 e. The molecule has 0 fully saturated rings. The summed E-state index contributed by atoms with van der Waals surface area (Å²) in [7, 11) is 1.87. The molecule has 2 amide bonds. The SMILES string of the molecule is Cc1noc(-c2ccc(C(=O)NNC(=O)c3cn(C)c4ccccc34)cc2)n1. The first-order valence-electron chi connectivity index (χ1n) is 8.58. The standard InChI is InChI=1S/C20H17N5O3/c1-12-21-20(28-24-12)14-9-7-13(8-10-14)18(26)22-23-19(27)16-11-25(2)17-6-4-3-5-15(16)17/h3-11H,1-2H3,(H,22,26)(H,23,27). The number of hydrazine groups is 1. The average molecular weight is 375 g/mol. The Morgan fingerprint density at radius 2 is 1.71 bits per heavy atom. The lowest BCUT2D eigenvalue weighted by Crippen LogP contribution is -2.41. The summed E-state index contributed by atoms with van der Waals surface area (Å²) >= 11 is 0. The van der Waals surface area contributed by atoms with Crippen molar-refractivity contribution in [1.29, 1.82) is 0 Å². The number of aromatic nitrogens is 3. The fourth-order valence-corrected chi connectivity index (χ4v) is 2.95. The van der Waals surface area contributed by atoms with E-state index in [1.54, 1.807) is 37.4 Å². The normalized spacial score (nSPS) is 10.8. The highest BCUT2D eigenvalue weighted by Gasteiger charge is 2.15. The number of nitrogens with one attached hydrogen (secondary N) is 2. The van der Waals surface area contributed by atoms with Crippen LogP contribution < -0.4 is 10.9 Å². The van der Waals surface area contributed by atoms with E-state index in [-0.39, 0.29) is 5.91 Å². The molecule has 0 radical (unpaired) electrons. The molecule has 0 spiro atoms. The first-order chi connectivity index (χ1) is 13.5. The first kappa shape index (κ1) is 17.5. The van der Waals surface area contributed by atoms with Crippen LogP contribution in [0.2, 0.25) is 0 Å². The zero-order valence-electron chi connectivity index (χ0n) is 15.3. The minimum atomic E-state index is -0.429. The van der Waals surface area contributed by atoms with Crippen LogP contribution in [0, 0.1) is 6.92 Å². The Bertz CT molecular complexity index is 1170. The van der Waals surface area contributed by atoms with E-state index in [0.29, 0.717) is 28.4 Å². The van der Waals surface area contributed by atoms with Gasteiger partial charge in [0.25, 0.3) is 17.7 Å². The molecule has 0 bridgehead atoms. The molecule has 140 valence electrons. The van der Waals surface area contributed by atoms with Gasteiger partial charge in [0.1, 0.15) is 0 Å². The van der Waals surface area contributed by atoms with Gasteiger partial charge < -0.3 is 9.09 Å². The van der Waals surface area contributed by atoms with E-state index in [1.807, 2.05) is 35.9 Å². The molecule has 4 aromatic rings. The Kier molecular flexibility index (Phi) is 4.36. The highest BCUT2D eigenvalue weighted by Crippen LogP contribution is 2.20. The number of aryl methyl sites for hydroxylation is 2. The highest BCUT2D eigenvalue weighted by molar-refractivity contribution is 6.08. The van der Waals surface area contributed by atoms with Crippen LogP contribution in [-0.4, -0.2) is 26.5 Å². The second kappa shape index (κ2) is 6.99. The minimum absolute atomic E-state index is 0.383. The van der Waals surface area contributed by atoms with Gasteiger partial charge in [-0.15, -0.1) is 0 Å². The Balaban J connectivity index is 1.44. The van der Waals surface area contributed by atoms with Crippen LogP contribution in [0.15, 0.2) is 59.3 Å². The van der Waals surface area contributed by atoms with E-state index in [1.165, 1.54) is 0 Å². The molecule has 0 saturated heterocycles. The van der Waals surface area contributed by atoms with Gasteiger partial charge in [0.15, 0.2) is 5.82 Å². The van der Waals surface area contributed by atoms with E-state index >= 15 is 0 Å². The molecule has 0 aliphatic carbocycles. The number of fused-ring (bicyclic) bond motifs is 1. The maximum atomic E-state index is 12.5. The number of hydrogen-bond donors (Lipinski definition) is 2. The monoisotopic (exact) mass is 375 g/mol. The van der Waals surface area contributed by atoms with Gasteiger partial charge in [0.05, 0.1) is 5.56 Å². The third-order valence-corrected chi connectivity index (χ3v) is 4.35. The van der Waals surface area contributed by atoms with Crippen molar-refractivity contribution in [2.45, 2.75) is 6.92 Å². The van der Waals surface area contributed by atoms with Crippen molar-refractivity contribution < 1.29 is 14.1 Å². The second-order valence-electron chi connectivity index (χ2n) is 6.30. The van der Waals surface area contributed by atoms with E-state index in [9.17, 15) is 9.59 Å². The Morgan fingerprint density at radius 3 is 2.43 bits per heavy atom. The summed E-state index contributed by atoms with van der Waals surface area (Å²) in [6.45, 7) is 1.73. The van der Waals surface area contributed by atoms with Crippen molar-refractivity contribution in [3.05, 3.63) is 71.7 Å². The largest absolute Gasteiger partial charge is 0.350 e. The van der Waals surface area contributed by atoms with E-state index in [4.69, 9.17) is 4.52 Å². The second-order valence-corrected chi connectivity index (χ2v) is 6.30. The number of nitrogens with zero attached hydrogens (tertiary/aromatic N) is 3. The third-order valence-electron chi connectivity index (χ3n) is 4.35. The van der Waals surface area contributed by atoms with Crippen LogP contribution in [-0.2, 0) is 7.05 Å². The number of amides is 2. The van der Waals surface area contributed by atoms with Crippen LogP contribution in [0.3, 0.4) is 0 Å². The van der Waals surface area contributed by atoms with Crippen molar-refractivity contribution in [2.75, 3.05) is 0 Å². The summed E-state index contributed by atoms with van der Waals surface area (Å²) in [5.74, 6) is 0.103. The predicted octanol–water partition coefficient (Wildman–Crippen LogP) is 2.61. The van der Waals surface area contributed by atoms with E-state index in [2.05, 4.69) is 21.0 Å². The molecule has 2 aromatic carbocycles. The first-order valence-corrected chi connectivity index (χ1v) is 8.58. The van der Waals surface area contributed by atoms with Gasteiger partial charge in [-0.05, 0) is 37.3 Å². The van der Waals surface area contributed by atoms with Gasteiger partial charge in [-0.1, -0.05) is 23.4 Å². The molecule has 28 heavy (non-hydrogen) atoms. The molecule has 0 saturated carbocycles. The van der Waals surface area contributed by atoms with Crippen molar-refractivity contribution >= 4 is 22.7 Å². The topological polar surface area (TPSA) is 102 Å². The van der Waals surface area contributed by atoms with E-state index in [0.717, 1.165) is 10.9 Å². The van der Waals surface area contributed by atoms with Gasteiger partial charge in [-0.2, -0.15) is 4.98 Å². The summed E-state index contributed by atoms with van der Waals surface area (Å²) in [6.07, 6.45) is 1.73. The number of benzene rings is 2. The fraction of sp³-hybridized carbons (Fsp3) is 0.100. The lowest BCUT2D eigenvalue weighted by Gasteiger charge is -2.07. The highest BCUT2D eigenvalue weighted by atomic mass is 16.5. The van der Waals surface area contributed by atoms with Crippen LogP contribution in [0.25, 0.3) is 22.4 Å². The molecule has 0 atom stereocenters. The number of carbonyl (C=O) groups is 2. The van der Waals surface area contributed by atoms with Gasteiger partial charge in [0, 0.05) is 35.3 Å². The van der Waals surface area contributed by atoms with Crippen molar-refractivity contribution in [2.24, 2.45) is 7.05 Å².